The number of aliphatic hydroxyl groups excluding tert-OH is 1. The number of halogens is 2. The molecule has 1 aromatic heterocycles. The minimum absolute atomic E-state index is 0.0116. The Labute approximate surface area is 213 Å². The normalized spacial score (nSPS) is 17.6. The van der Waals surface area contributed by atoms with Crippen molar-refractivity contribution in [1.82, 2.24) is 4.98 Å². The quantitative estimate of drug-likeness (QED) is 0.169. The summed E-state index contributed by atoms with van der Waals surface area (Å²) in [5.74, 6) is -1.74. The van der Waals surface area contributed by atoms with Crippen LogP contribution in [0, 0.1) is 13.8 Å². The summed E-state index contributed by atoms with van der Waals surface area (Å²) in [6.45, 7) is 3.98. The third kappa shape index (κ3) is 3.83. The SMILES string of the molecule is Cc1cc(C)c2nc(N3C(=O)C(=O)/C(=C(/O)c4ccc(Cl)cc4)C3c3cccc(Br)c3)sc2c1. The molecule has 2 heterocycles. The second-order valence-corrected chi connectivity index (χ2v) is 10.5. The van der Waals surface area contributed by atoms with Gasteiger partial charge in [-0.25, -0.2) is 4.98 Å². The maximum Gasteiger partial charge on any atom is 0.301 e. The van der Waals surface area contributed by atoms with Crippen LogP contribution in [0.4, 0.5) is 5.13 Å². The highest BCUT2D eigenvalue weighted by molar-refractivity contribution is 9.10. The highest BCUT2D eigenvalue weighted by Crippen LogP contribution is 2.45. The lowest BCUT2D eigenvalue weighted by Gasteiger charge is -2.23. The maximum absolute atomic E-state index is 13.4. The average molecular weight is 554 g/mol. The zero-order valence-corrected chi connectivity index (χ0v) is 21.3. The lowest BCUT2D eigenvalue weighted by atomic mass is 9.95. The number of carbonyl (C=O) groups is 2. The molecule has 1 aliphatic rings. The van der Waals surface area contributed by atoms with Crippen LogP contribution in [-0.4, -0.2) is 21.8 Å². The molecule has 170 valence electrons. The molecule has 5 nitrogen and oxygen atoms in total. The molecule has 1 fully saturated rings. The topological polar surface area (TPSA) is 70.5 Å². The first-order valence-corrected chi connectivity index (χ1v) is 12.4. The number of nitrogens with zero attached hydrogens (tertiary/aromatic N) is 2. The van der Waals surface area contributed by atoms with Gasteiger partial charge in [0.2, 0.25) is 0 Å². The number of aliphatic hydroxyl groups is 1. The number of fused-ring (bicyclic) bond motifs is 1. The van der Waals surface area contributed by atoms with Crippen molar-refractivity contribution in [3.8, 4) is 0 Å². The molecule has 4 aromatic rings. The summed E-state index contributed by atoms with van der Waals surface area (Å²) < 4.78 is 1.72. The lowest BCUT2D eigenvalue weighted by molar-refractivity contribution is -0.132. The van der Waals surface area contributed by atoms with E-state index in [-0.39, 0.29) is 11.3 Å². The van der Waals surface area contributed by atoms with Crippen molar-refractivity contribution >= 4 is 71.7 Å². The first kappa shape index (κ1) is 22.8. The van der Waals surface area contributed by atoms with Gasteiger partial charge < -0.3 is 5.11 Å². The second-order valence-electron chi connectivity index (χ2n) is 8.16. The zero-order valence-electron chi connectivity index (χ0n) is 18.2. The number of aryl methyl sites for hydroxylation is 2. The second kappa shape index (κ2) is 8.65. The van der Waals surface area contributed by atoms with Gasteiger partial charge in [0.25, 0.3) is 5.78 Å². The summed E-state index contributed by atoms with van der Waals surface area (Å²) in [7, 11) is 0. The fourth-order valence-electron chi connectivity index (χ4n) is 4.25. The summed E-state index contributed by atoms with van der Waals surface area (Å²) in [5.41, 5.74) is 3.97. The van der Waals surface area contributed by atoms with E-state index in [0.717, 1.165) is 25.8 Å². The predicted octanol–water partition coefficient (Wildman–Crippen LogP) is 6.96. The van der Waals surface area contributed by atoms with Gasteiger partial charge in [-0.3, -0.25) is 14.5 Å². The van der Waals surface area contributed by atoms with E-state index < -0.39 is 17.7 Å². The van der Waals surface area contributed by atoms with Crippen LogP contribution in [0.5, 0.6) is 0 Å². The molecule has 1 saturated heterocycles. The van der Waals surface area contributed by atoms with Crippen LogP contribution in [0.25, 0.3) is 16.0 Å². The van der Waals surface area contributed by atoms with Gasteiger partial charge in [-0.2, -0.15) is 0 Å². The Hall–Kier alpha value is -3.00. The number of benzene rings is 3. The minimum Gasteiger partial charge on any atom is -0.507 e. The molecule has 1 aliphatic heterocycles. The van der Waals surface area contributed by atoms with Crippen LogP contribution in [0.1, 0.15) is 28.3 Å². The van der Waals surface area contributed by atoms with Crippen molar-refractivity contribution in [1.29, 1.82) is 0 Å². The third-order valence-corrected chi connectivity index (χ3v) is 7.50. The number of hydrogen-bond donors (Lipinski definition) is 1. The van der Waals surface area contributed by atoms with Crippen molar-refractivity contribution in [3.05, 3.63) is 98.0 Å². The van der Waals surface area contributed by atoms with E-state index in [1.54, 1.807) is 24.3 Å². The Morgan fingerprint density at radius 1 is 1.09 bits per heavy atom. The summed E-state index contributed by atoms with van der Waals surface area (Å²) in [4.78, 5) is 32.8. The smallest absolute Gasteiger partial charge is 0.301 e. The molecule has 5 rings (SSSR count). The number of aromatic nitrogens is 1. The molecule has 0 aliphatic carbocycles. The number of ketones is 1. The number of anilines is 1. The molecular weight excluding hydrogens is 536 g/mol. The Bertz CT molecular complexity index is 1510. The predicted molar refractivity (Wildman–Crippen MR) is 139 cm³/mol. The van der Waals surface area contributed by atoms with Gasteiger partial charge >= 0.3 is 5.91 Å². The Balaban J connectivity index is 1.75. The zero-order chi connectivity index (χ0) is 24.1. The van der Waals surface area contributed by atoms with E-state index in [9.17, 15) is 14.7 Å². The van der Waals surface area contributed by atoms with E-state index in [4.69, 9.17) is 16.6 Å². The number of Topliss-reactive ketones (excluding diaryl/α,β-unsaturated/α-hetero) is 1. The molecule has 3 aromatic carbocycles. The van der Waals surface area contributed by atoms with Gasteiger partial charge in [0.15, 0.2) is 5.13 Å². The van der Waals surface area contributed by atoms with Gasteiger partial charge in [0.1, 0.15) is 5.76 Å². The molecule has 1 atom stereocenters. The Morgan fingerprint density at radius 2 is 1.82 bits per heavy atom. The molecule has 1 amide bonds. The number of hydrogen-bond acceptors (Lipinski definition) is 5. The summed E-state index contributed by atoms with van der Waals surface area (Å²) >= 11 is 10.8. The van der Waals surface area contributed by atoms with Crippen molar-refractivity contribution in [2.45, 2.75) is 19.9 Å². The summed E-state index contributed by atoms with van der Waals surface area (Å²) in [6, 6.07) is 17.0. The fraction of sp³-hybridized carbons (Fsp3) is 0.115. The van der Waals surface area contributed by atoms with E-state index in [1.807, 2.05) is 50.2 Å². The molecule has 34 heavy (non-hydrogen) atoms. The largest absolute Gasteiger partial charge is 0.507 e. The van der Waals surface area contributed by atoms with Crippen molar-refractivity contribution in [2.24, 2.45) is 0 Å². The number of rotatable bonds is 3. The lowest BCUT2D eigenvalue weighted by Crippen LogP contribution is -2.29. The Kier molecular flexibility index (Phi) is 5.80. The van der Waals surface area contributed by atoms with Crippen LogP contribution in [-0.2, 0) is 9.59 Å². The minimum atomic E-state index is -0.838. The first-order chi connectivity index (χ1) is 16.2. The van der Waals surface area contributed by atoms with Gasteiger partial charge in [0.05, 0.1) is 21.8 Å². The Morgan fingerprint density at radius 3 is 2.53 bits per heavy atom. The van der Waals surface area contributed by atoms with Crippen molar-refractivity contribution in [3.63, 3.8) is 0 Å². The molecule has 1 unspecified atom stereocenters. The van der Waals surface area contributed by atoms with Crippen LogP contribution in [0.3, 0.4) is 0 Å². The van der Waals surface area contributed by atoms with E-state index >= 15 is 0 Å². The number of carbonyl (C=O) groups excluding carboxylic acids is 2. The monoisotopic (exact) mass is 552 g/mol. The van der Waals surface area contributed by atoms with E-state index in [1.165, 1.54) is 16.2 Å². The highest BCUT2D eigenvalue weighted by atomic mass is 79.9. The first-order valence-electron chi connectivity index (χ1n) is 10.4. The molecule has 1 N–H and O–H groups in total. The number of thiazole rings is 1. The summed E-state index contributed by atoms with van der Waals surface area (Å²) in [5, 5.41) is 12.1. The van der Waals surface area contributed by atoms with Crippen molar-refractivity contribution < 1.29 is 14.7 Å². The van der Waals surface area contributed by atoms with E-state index in [0.29, 0.717) is 21.3 Å². The summed E-state index contributed by atoms with van der Waals surface area (Å²) in [6.07, 6.45) is 0. The molecular formula is C26H18BrClN2O3S. The van der Waals surface area contributed by atoms with Gasteiger partial charge in [-0.05, 0) is 73.0 Å². The fourth-order valence-corrected chi connectivity index (χ4v) is 5.96. The van der Waals surface area contributed by atoms with Crippen LogP contribution in [0.15, 0.2) is 70.7 Å². The highest BCUT2D eigenvalue weighted by Gasteiger charge is 2.48. The van der Waals surface area contributed by atoms with Crippen molar-refractivity contribution in [2.75, 3.05) is 4.90 Å². The molecule has 0 spiro atoms. The third-order valence-electron chi connectivity index (χ3n) is 5.75. The van der Waals surface area contributed by atoms with Crippen LogP contribution in [0.2, 0.25) is 5.02 Å². The number of amides is 1. The van der Waals surface area contributed by atoms with Crippen LogP contribution >= 0.6 is 38.9 Å². The van der Waals surface area contributed by atoms with E-state index in [2.05, 4.69) is 15.9 Å². The van der Waals surface area contributed by atoms with Gasteiger partial charge in [0, 0.05) is 15.1 Å². The molecule has 0 bridgehead atoms. The molecule has 0 saturated carbocycles. The average Bonchev–Trinajstić information content (AvgIpc) is 3.33. The maximum atomic E-state index is 13.4. The standard InChI is InChI=1S/C26H18BrClN2O3S/c1-13-10-14(2)21-19(11-13)34-26(29-21)30-22(16-4-3-5-17(27)12-16)20(24(32)25(30)33)23(31)15-6-8-18(28)9-7-15/h3-12,22,31H,1-2H3/b23-20+. The van der Waals surface area contributed by atoms with Gasteiger partial charge in [-0.1, -0.05) is 57.1 Å². The van der Waals surface area contributed by atoms with Crippen LogP contribution < -0.4 is 4.90 Å². The van der Waals surface area contributed by atoms with Gasteiger partial charge in [-0.15, -0.1) is 0 Å². The molecule has 0 radical (unpaired) electrons. The molecule has 8 heteroatoms.